The van der Waals surface area contributed by atoms with Gasteiger partial charge in [-0.2, -0.15) is 0 Å². The van der Waals surface area contributed by atoms with Crippen molar-refractivity contribution < 1.29 is 9.59 Å². The smallest absolute Gasteiger partial charge is 0.295 e. The summed E-state index contributed by atoms with van der Waals surface area (Å²) in [5.74, 6) is -0.747. The minimum Gasteiger partial charge on any atom is -0.358 e. The van der Waals surface area contributed by atoms with Crippen molar-refractivity contribution in [2.24, 2.45) is 13.0 Å². The van der Waals surface area contributed by atoms with E-state index in [0.717, 1.165) is 27.7 Å². The number of carbonyl (C=O) groups is 2. The largest absolute Gasteiger partial charge is 0.358 e. The molecular formula is C34H35N5O3. The average Bonchev–Trinajstić information content (AvgIpc) is 3.55. The van der Waals surface area contributed by atoms with Gasteiger partial charge >= 0.3 is 0 Å². The first kappa shape index (κ1) is 27.3. The molecule has 3 heterocycles. The number of benzene rings is 3. The van der Waals surface area contributed by atoms with Gasteiger partial charge in [0.2, 0.25) is 5.91 Å². The van der Waals surface area contributed by atoms with Crippen molar-refractivity contribution in [1.29, 1.82) is 0 Å². The Bertz CT molecular complexity index is 1880. The fourth-order valence-corrected chi connectivity index (χ4v) is 6.36. The molecule has 1 aliphatic heterocycles. The predicted octanol–water partition coefficient (Wildman–Crippen LogP) is 5.87. The van der Waals surface area contributed by atoms with E-state index >= 15 is 0 Å². The number of rotatable bonds is 7. The molecule has 3 unspecified atom stereocenters. The molecule has 1 aliphatic rings. The van der Waals surface area contributed by atoms with Crippen LogP contribution in [0.15, 0.2) is 83.7 Å². The number of hydrogen-bond acceptors (Lipinski definition) is 3. The number of nitrogens with zero attached hydrogens (tertiary/aromatic N) is 3. The first-order valence-corrected chi connectivity index (χ1v) is 14.4. The van der Waals surface area contributed by atoms with Crippen molar-refractivity contribution in [3.8, 4) is 5.69 Å². The molecule has 0 spiro atoms. The van der Waals surface area contributed by atoms with Gasteiger partial charge in [0.15, 0.2) is 0 Å². The van der Waals surface area contributed by atoms with E-state index in [2.05, 4.69) is 16.4 Å². The minimum absolute atomic E-state index is 0.184. The molecule has 2 amide bonds. The van der Waals surface area contributed by atoms with Crippen molar-refractivity contribution in [1.82, 2.24) is 19.2 Å². The number of para-hydroxylation sites is 2. The topological polar surface area (TPSA) is 92.1 Å². The number of aryl methyl sites for hydroxylation is 1. The van der Waals surface area contributed by atoms with Gasteiger partial charge in [-0.3, -0.25) is 19.1 Å². The highest BCUT2D eigenvalue weighted by molar-refractivity contribution is 6.05. The maximum atomic E-state index is 14.4. The molecule has 0 bridgehead atoms. The quantitative estimate of drug-likeness (QED) is 0.260. The van der Waals surface area contributed by atoms with E-state index in [1.165, 1.54) is 4.68 Å². The molecule has 0 fully saturated rings. The second kappa shape index (κ2) is 10.5. The summed E-state index contributed by atoms with van der Waals surface area (Å²) < 4.78 is 3.28. The third-order valence-electron chi connectivity index (χ3n) is 8.77. The molecule has 42 heavy (non-hydrogen) atoms. The van der Waals surface area contributed by atoms with Gasteiger partial charge in [0.1, 0.15) is 11.7 Å². The Morgan fingerprint density at radius 3 is 2.36 bits per heavy atom. The number of hydrogen-bond donors (Lipinski definition) is 2. The van der Waals surface area contributed by atoms with E-state index in [1.807, 2.05) is 100 Å². The molecule has 2 N–H and O–H groups in total. The summed E-state index contributed by atoms with van der Waals surface area (Å²) in [7, 11) is 1.79. The number of H-pyrrole nitrogens is 1. The van der Waals surface area contributed by atoms with E-state index < -0.39 is 12.1 Å². The highest BCUT2D eigenvalue weighted by Crippen LogP contribution is 2.45. The van der Waals surface area contributed by atoms with Crippen molar-refractivity contribution in [2.75, 3.05) is 5.32 Å². The van der Waals surface area contributed by atoms with E-state index in [4.69, 9.17) is 0 Å². The van der Waals surface area contributed by atoms with Gasteiger partial charge in [-0.25, -0.2) is 4.68 Å². The number of anilines is 1. The van der Waals surface area contributed by atoms with Crippen LogP contribution in [0.5, 0.6) is 0 Å². The van der Waals surface area contributed by atoms with Gasteiger partial charge in [-0.1, -0.05) is 74.9 Å². The van der Waals surface area contributed by atoms with Crippen LogP contribution in [0.3, 0.4) is 0 Å². The van der Waals surface area contributed by atoms with Crippen molar-refractivity contribution in [3.63, 3.8) is 0 Å². The minimum atomic E-state index is -0.822. The number of aromatic nitrogens is 3. The highest BCUT2D eigenvalue weighted by atomic mass is 16.2. The standard InChI is InChI=1S/C34H35N5O3/c1-6-20(2)30(32(40)36-29-22(4)37(5)39(34(29)42)23-14-8-7-9-15-23)38-31(24-16-10-11-17-25(24)33(38)41)28-21(3)35-27-19-13-12-18-26(27)28/h7-20,30-31,35H,6H2,1-5H3,(H,36,40). The fourth-order valence-electron chi connectivity index (χ4n) is 6.36. The molecule has 6 rings (SSSR count). The molecule has 0 aliphatic carbocycles. The Morgan fingerprint density at radius 2 is 1.62 bits per heavy atom. The van der Waals surface area contributed by atoms with Crippen LogP contribution < -0.4 is 10.9 Å². The fraction of sp³-hybridized carbons (Fsp3) is 0.265. The number of amides is 2. The van der Waals surface area contributed by atoms with Gasteiger partial charge in [-0.05, 0) is 49.6 Å². The zero-order valence-electron chi connectivity index (χ0n) is 24.5. The Labute approximate surface area is 244 Å². The molecule has 2 aromatic heterocycles. The first-order valence-electron chi connectivity index (χ1n) is 14.4. The van der Waals surface area contributed by atoms with Gasteiger partial charge in [0, 0.05) is 34.8 Å². The molecule has 0 radical (unpaired) electrons. The highest BCUT2D eigenvalue weighted by Gasteiger charge is 2.47. The lowest BCUT2D eigenvalue weighted by atomic mass is 9.91. The van der Waals surface area contributed by atoms with E-state index in [9.17, 15) is 14.4 Å². The number of aromatic amines is 1. The number of carbonyl (C=O) groups excluding carboxylic acids is 2. The van der Waals surface area contributed by atoms with Crippen molar-refractivity contribution in [2.45, 2.75) is 46.2 Å². The molecular weight excluding hydrogens is 526 g/mol. The third kappa shape index (κ3) is 4.17. The molecule has 3 atom stereocenters. The lowest BCUT2D eigenvalue weighted by Gasteiger charge is -2.36. The average molecular weight is 562 g/mol. The van der Waals surface area contributed by atoms with Crippen LogP contribution in [-0.2, 0) is 11.8 Å². The van der Waals surface area contributed by atoms with Crippen LogP contribution in [0.25, 0.3) is 16.6 Å². The van der Waals surface area contributed by atoms with Gasteiger partial charge in [-0.15, -0.1) is 0 Å². The summed E-state index contributed by atoms with van der Waals surface area (Å²) in [4.78, 5) is 47.4. The maximum Gasteiger partial charge on any atom is 0.295 e. The van der Waals surface area contributed by atoms with E-state index in [1.54, 1.807) is 16.6 Å². The van der Waals surface area contributed by atoms with Crippen molar-refractivity contribution >= 4 is 28.4 Å². The maximum absolute atomic E-state index is 14.4. The van der Waals surface area contributed by atoms with Gasteiger partial charge in [0.05, 0.1) is 17.4 Å². The predicted molar refractivity (Wildman–Crippen MR) is 165 cm³/mol. The first-order chi connectivity index (χ1) is 20.2. The number of nitrogens with one attached hydrogen (secondary N) is 2. The molecule has 8 nitrogen and oxygen atoms in total. The van der Waals surface area contributed by atoms with Crippen LogP contribution in [0.1, 0.15) is 59.2 Å². The van der Waals surface area contributed by atoms with Crippen LogP contribution in [0.2, 0.25) is 0 Å². The monoisotopic (exact) mass is 561 g/mol. The molecule has 0 saturated carbocycles. The summed E-state index contributed by atoms with van der Waals surface area (Å²) in [5, 5.41) is 3.99. The lowest BCUT2D eigenvalue weighted by molar-refractivity contribution is -0.122. The zero-order valence-corrected chi connectivity index (χ0v) is 24.5. The lowest BCUT2D eigenvalue weighted by Crippen LogP contribution is -2.50. The molecule has 3 aromatic carbocycles. The molecule has 5 aromatic rings. The summed E-state index contributed by atoms with van der Waals surface area (Å²) >= 11 is 0. The van der Waals surface area contributed by atoms with Crippen LogP contribution in [0, 0.1) is 19.8 Å². The summed E-state index contributed by atoms with van der Waals surface area (Å²) in [6.07, 6.45) is 0.666. The van der Waals surface area contributed by atoms with Gasteiger partial charge < -0.3 is 15.2 Å². The molecule has 0 saturated heterocycles. The van der Waals surface area contributed by atoms with E-state index in [0.29, 0.717) is 23.4 Å². The Kier molecular flexibility index (Phi) is 6.85. The molecule has 214 valence electrons. The number of fused-ring (bicyclic) bond motifs is 2. The van der Waals surface area contributed by atoms with Crippen LogP contribution in [0.4, 0.5) is 5.69 Å². The summed E-state index contributed by atoms with van der Waals surface area (Å²) in [6, 6.07) is 23.7. The summed E-state index contributed by atoms with van der Waals surface area (Å²) in [6.45, 7) is 7.82. The van der Waals surface area contributed by atoms with Crippen LogP contribution in [-0.4, -0.2) is 37.1 Å². The summed E-state index contributed by atoms with van der Waals surface area (Å²) in [5.41, 5.74) is 5.59. The SMILES string of the molecule is CCC(C)C(C(=O)Nc1c(C)n(C)n(-c2ccccc2)c1=O)N1C(=O)c2ccccc2C1c1c(C)[nH]c2ccccc12. The third-order valence-corrected chi connectivity index (χ3v) is 8.77. The normalized spacial score (nSPS) is 16.1. The van der Waals surface area contributed by atoms with Gasteiger partial charge in [0.25, 0.3) is 11.5 Å². The Morgan fingerprint density at radius 1 is 0.952 bits per heavy atom. The van der Waals surface area contributed by atoms with Crippen LogP contribution >= 0.6 is 0 Å². The zero-order chi connectivity index (χ0) is 29.7. The van der Waals surface area contributed by atoms with E-state index in [-0.39, 0.29) is 29.0 Å². The van der Waals surface area contributed by atoms with Crippen molar-refractivity contribution in [3.05, 3.63) is 117 Å². The Hall–Kier alpha value is -4.85. The second-order valence-corrected chi connectivity index (χ2v) is 11.2. The second-order valence-electron chi connectivity index (χ2n) is 11.2. The molecule has 8 heteroatoms. The Balaban J connectivity index is 1.47.